The van der Waals surface area contributed by atoms with Crippen LogP contribution in [0.3, 0.4) is 0 Å². The quantitative estimate of drug-likeness (QED) is 0.411. The number of aromatic nitrogens is 6. The molecule has 5 rings (SSSR count). The monoisotopic (exact) mass is 488 g/mol. The van der Waals surface area contributed by atoms with E-state index in [4.69, 9.17) is 16.9 Å². The van der Waals surface area contributed by atoms with Gasteiger partial charge >= 0.3 is 0 Å². The van der Waals surface area contributed by atoms with Crippen molar-refractivity contribution in [2.75, 3.05) is 28.6 Å². The van der Waals surface area contributed by atoms with Crippen molar-refractivity contribution in [3.8, 4) is 6.07 Å². The third kappa shape index (κ3) is 4.81. The van der Waals surface area contributed by atoms with E-state index in [1.165, 1.54) is 0 Å². The first-order valence-corrected chi connectivity index (χ1v) is 11.9. The molecule has 1 fully saturated rings. The summed E-state index contributed by atoms with van der Waals surface area (Å²) in [4.78, 5) is 15.7. The Morgan fingerprint density at radius 2 is 2.09 bits per heavy atom. The summed E-state index contributed by atoms with van der Waals surface area (Å²) in [6.45, 7) is 5.80. The summed E-state index contributed by atoms with van der Waals surface area (Å²) in [5.74, 6) is 3.16. The number of aryl methyl sites for hydroxylation is 1. The summed E-state index contributed by atoms with van der Waals surface area (Å²) in [5, 5.41) is 24.5. The van der Waals surface area contributed by atoms with Gasteiger partial charge < -0.3 is 15.5 Å². The lowest BCUT2D eigenvalue weighted by Gasteiger charge is -2.39. The average molecular weight is 489 g/mol. The Morgan fingerprint density at radius 1 is 1.20 bits per heavy atom. The lowest BCUT2D eigenvalue weighted by Crippen LogP contribution is -2.46. The van der Waals surface area contributed by atoms with Crippen molar-refractivity contribution in [3.05, 3.63) is 59.3 Å². The van der Waals surface area contributed by atoms with Gasteiger partial charge in [0.1, 0.15) is 22.7 Å². The number of nitrogens with zero attached hydrogens (tertiary/aromatic N) is 8. The molecule has 0 saturated carbocycles. The Kier molecular flexibility index (Phi) is 6.33. The number of fused-ring (bicyclic) bond motifs is 1. The van der Waals surface area contributed by atoms with Gasteiger partial charge in [-0.2, -0.15) is 10.2 Å². The summed E-state index contributed by atoms with van der Waals surface area (Å²) in [6.07, 6.45) is 7.04. The second-order valence-electron chi connectivity index (χ2n) is 8.58. The lowest BCUT2D eigenvalue weighted by molar-refractivity contribution is 0.365. The van der Waals surface area contributed by atoms with Crippen molar-refractivity contribution in [1.82, 2.24) is 29.5 Å². The van der Waals surface area contributed by atoms with Gasteiger partial charge in [-0.15, -0.1) is 10.2 Å². The Bertz CT molecular complexity index is 1380. The van der Waals surface area contributed by atoms with Gasteiger partial charge in [-0.25, -0.2) is 9.97 Å². The van der Waals surface area contributed by atoms with Gasteiger partial charge in [0, 0.05) is 43.3 Å². The van der Waals surface area contributed by atoms with E-state index in [1.807, 2.05) is 41.8 Å². The number of hydrogen-bond acceptors (Lipinski definition) is 9. The van der Waals surface area contributed by atoms with E-state index in [-0.39, 0.29) is 6.04 Å². The molecule has 1 aliphatic rings. The van der Waals surface area contributed by atoms with Crippen LogP contribution in [0.5, 0.6) is 0 Å². The smallest absolute Gasteiger partial charge is 0.229 e. The standard InChI is InChI=1S/C24H25ClN10/c1-3-17-14-34(21-5-4-16(11-26)12-27-21)8-7-20(17)30-23-19(25)13-28-24(31-23)29-18-6-9-35-15(2)32-33-22(35)10-18/h4-6,9-10,12-13,17,20H,3,7-8,14H2,1-2H3,(H2,28,29,30,31). The molecule has 0 amide bonds. The third-order valence-electron chi connectivity index (χ3n) is 6.36. The highest BCUT2D eigenvalue weighted by Crippen LogP contribution is 2.29. The van der Waals surface area contributed by atoms with Gasteiger partial charge in [0.25, 0.3) is 0 Å². The van der Waals surface area contributed by atoms with E-state index < -0.39 is 0 Å². The zero-order chi connectivity index (χ0) is 24.4. The number of nitrogens with one attached hydrogen (secondary N) is 2. The second kappa shape index (κ2) is 9.72. The topological polar surface area (TPSA) is 120 Å². The minimum Gasteiger partial charge on any atom is -0.366 e. The van der Waals surface area contributed by atoms with Crippen LogP contribution in [0.15, 0.2) is 42.9 Å². The van der Waals surface area contributed by atoms with Crippen LogP contribution < -0.4 is 15.5 Å². The fourth-order valence-electron chi connectivity index (χ4n) is 4.40. The van der Waals surface area contributed by atoms with Crippen molar-refractivity contribution in [1.29, 1.82) is 5.26 Å². The molecule has 178 valence electrons. The van der Waals surface area contributed by atoms with Crippen LogP contribution in [-0.2, 0) is 0 Å². The summed E-state index contributed by atoms with van der Waals surface area (Å²) in [5.41, 5.74) is 2.12. The van der Waals surface area contributed by atoms with Gasteiger partial charge in [-0.1, -0.05) is 18.5 Å². The first kappa shape index (κ1) is 22.8. The second-order valence-corrected chi connectivity index (χ2v) is 8.98. The molecule has 1 saturated heterocycles. The summed E-state index contributed by atoms with van der Waals surface area (Å²) in [7, 11) is 0. The van der Waals surface area contributed by atoms with Gasteiger partial charge in [-0.3, -0.25) is 4.40 Å². The van der Waals surface area contributed by atoms with Gasteiger partial charge in [0.05, 0.1) is 11.8 Å². The summed E-state index contributed by atoms with van der Waals surface area (Å²) >= 11 is 6.46. The normalized spacial score (nSPS) is 17.8. The molecule has 5 heterocycles. The molecule has 0 spiro atoms. The van der Waals surface area contributed by atoms with E-state index >= 15 is 0 Å². The average Bonchev–Trinajstić information content (AvgIpc) is 3.26. The van der Waals surface area contributed by atoms with Crippen molar-refractivity contribution < 1.29 is 0 Å². The van der Waals surface area contributed by atoms with E-state index in [2.05, 4.69) is 53.7 Å². The minimum absolute atomic E-state index is 0.213. The van der Waals surface area contributed by atoms with E-state index in [9.17, 15) is 0 Å². The number of nitriles is 1. The van der Waals surface area contributed by atoms with Crippen LogP contribution in [-0.4, -0.2) is 48.7 Å². The number of halogens is 1. The van der Waals surface area contributed by atoms with Crippen molar-refractivity contribution >= 4 is 40.5 Å². The van der Waals surface area contributed by atoms with Crippen molar-refractivity contribution in [2.24, 2.45) is 5.92 Å². The van der Waals surface area contributed by atoms with Crippen LogP contribution in [0.25, 0.3) is 5.65 Å². The fourth-order valence-corrected chi connectivity index (χ4v) is 4.55. The molecule has 1 aliphatic heterocycles. The molecule has 2 atom stereocenters. The molecular weight excluding hydrogens is 464 g/mol. The fraction of sp³-hybridized carbons (Fsp3) is 0.333. The summed E-state index contributed by atoms with van der Waals surface area (Å²) in [6, 6.07) is 9.87. The highest BCUT2D eigenvalue weighted by molar-refractivity contribution is 6.32. The Morgan fingerprint density at radius 3 is 2.86 bits per heavy atom. The molecule has 10 nitrogen and oxygen atoms in total. The molecule has 0 aromatic carbocycles. The predicted octanol–water partition coefficient (Wildman–Crippen LogP) is 4.21. The number of piperidine rings is 1. The largest absolute Gasteiger partial charge is 0.366 e. The molecule has 4 aromatic rings. The molecule has 0 aliphatic carbocycles. The maximum absolute atomic E-state index is 9.02. The first-order valence-electron chi connectivity index (χ1n) is 11.5. The van der Waals surface area contributed by atoms with E-state index in [1.54, 1.807) is 12.4 Å². The lowest BCUT2D eigenvalue weighted by atomic mass is 9.90. The first-order chi connectivity index (χ1) is 17.0. The molecule has 2 unspecified atom stereocenters. The van der Waals surface area contributed by atoms with Crippen LogP contribution in [0, 0.1) is 24.2 Å². The Hall–Kier alpha value is -3.97. The Balaban J connectivity index is 1.29. The SMILES string of the molecule is CCC1CN(c2ccc(C#N)cn2)CCC1Nc1nc(Nc2ccn3c(C)nnc3c2)ncc1Cl. The zero-order valence-corrected chi connectivity index (χ0v) is 20.2. The number of hydrogen-bond donors (Lipinski definition) is 2. The maximum atomic E-state index is 9.02. The van der Waals surface area contributed by atoms with E-state index in [0.717, 1.165) is 48.9 Å². The minimum atomic E-state index is 0.213. The highest BCUT2D eigenvalue weighted by atomic mass is 35.5. The van der Waals surface area contributed by atoms with Crippen LogP contribution in [0.4, 0.5) is 23.3 Å². The third-order valence-corrected chi connectivity index (χ3v) is 6.64. The van der Waals surface area contributed by atoms with E-state index in [0.29, 0.717) is 28.3 Å². The number of pyridine rings is 2. The molecule has 11 heteroatoms. The van der Waals surface area contributed by atoms with Crippen molar-refractivity contribution in [3.63, 3.8) is 0 Å². The van der Waals surface area contributed by atoms with Crippen LogP contribution in [0.2, 0.25) is 5.02 Å². The van der Waals surface area contributed by atoms with Crippen molar-refractivity contribution in [2.45, 2.75) is 32.7 Å². The number of anilines is 4. The molecule has 0 bridgehead atoms. The molecule has 0 radical (unpaired) electrons. The van der Waals surface area contributed by atoms with Crippen LogP contribution in [0.1, 0.15) is 31.2 Å². The Labute approximate surface area is 208 Å². The van der Waals surface area contributed by atoms with Crippen LogP contribution >= 0.6 is 11.6 Å². The zero-order valence-electron chi connectivity index (χ0n) is 19.5. The molecule has 35 heavy (non-hydrogen) atoms. The predicted molar refractivity (Wildman–Crippen MR) is 135 cm³/mol. The highest BCUT2D eigenvalue weighted by Gasteiger charge is 2.29. The van der Waals surface area contributed by atoms with Gasteiger partial charge in [-0.05, 0) is 43.9 Å². The molecular formula is C24H25ClN10. The number of rotatable bonds is 6. The van der Waals surface area contributed by atoms with Gasteiger partial charge in [0.15, 0.2) is 11.5 Å². The molecule has 4 aromatic heterocycles. The summed E-state index contributed by atoms with van der Waals surface area (Å²) < 4.78 is 1.91. The molecule has 2 N–H and O–H groups in total. The van der Waals surface area contributed by atoms with Gasteiger partial charge in [0.2, 0.25) is 5.95 Å². The maximum Gasteiger partial charge on any atom is 0.229 e.